The first kappa shape index (κ1) is 10.9. The molecule has 0 amide bonds. The number of hydrogen-bond donors (Lipinski definition) is 0. The van der Waals surface area contributed by atoms with Crippen LogP contribution in [0, 0.1) is 20.8 Å². The molecule has 1 heterocycles. The molecule has 1 nitrogen and oxygen atoms in total. The Kier molecular flexibility index (Phi) is 2.78. The molecule has 0 bridgehead atoms. The summed E-state index contributed by atoms with van der Waals surface area (Å²) in [6, 6.07) is 4.15. The third kappa shape index (κ3) is 1.53. The third-order valence-electron chi connectivity index (χ3n) is 3.27. The Labute approximate surface area is 96.8 Å². The SMILES string of the molecule is C/C=C\c1c(C)c(C)c2cccnc2c1C. The van der Waals surface area contributed by atoms with Crippen LogP contribution >= 0.6 is 0 Å². The van der Waals surface area contributed by atoms with Crippen molar-refractivity contribution < 1.29 is 0 Å². The Balaban J connectivity index is 2.94. The number of aryl methyl sites for hydroxylation is 2. The van der Waals surface area contributed by atoms with Crippen LogP contribution in [0.5, 0.6) is 0 Å². The van der Waals surface area contributed by atoms with E-state index in [2.05, 4.69) is 50.9 Å². The summed E-state index contributed by atoms with van der Waals surface area (Å²) in [5.74, 6) is 0. The van der Waals surface area contributed by atoms with Crippen molar-refractivity contribution in [1.82, 2.24) is 4.98 Å². The molecule has 16 heavy (non-hydrogen) atoms. The van der Waals surface area contributed by atoms with E-state index in [1.807, 2.05) is 12.3 Å². The summed E-state index contributed by atoms with van der Waals surface area (Å²) in [5.41, 5.74) is 6.40. The number of rotatable bonds is 1. The fraction of sp³-hybridized carbons (Fsp3) is 0.267. The van der Waals surface area contributed by atoms with Crippen LogP contribution in [0.2, 0.25) is 0 Å². The first-order valence-electron chi connectivity index (χ1n) is 5.64. The van der Waals surface area contributed by atoms with Gasteiger partial charge < -0.3 is 0 Å². The molecular weight excluding hydrogens is 194 g/mol. The molecule has 2 aromatic rings. The molecule has 0 spiro atoms. The van der Waals surface area contributed by atoms with Crippen LogP contribution in [0.3, 0.4) is 0 Å². The number of aromatic nitrogens is 1. The summed E-state index contributed by atoms with van der Waals surface area (Å²) in [5, 5.41) is 1.27. The second-order valence-corrected chi connectivity index (χ2v) is 4.19. The Morgan fingerprint density at radius 3 is 2.50 bits per heavy atom. The lowest BCUT2D eigenvalue weighted by Crippen LogP contribution is -1.95. The summed E-state index contributed by atoms with van der Waals surface area (Å²) in [7, 11) is 0. The summed E-state index contributed by atoms with van der Waals surface area (Å²) >= 11 is 0. The van der Waals surface area contributed by atoms with Gasteiger partial charge in [-0.2, -0.15) is 0 Å². The Bertz CT molecular complexity index is 565. The van der Waals surface area contributed by atoms with E-state index in [9.17, 15) is 0 Å². The largest absolute Gasteiger partial charge is 0.256 e. The second-order valence-electron chi connectivity index (χ2n) is 4.19. The number of benzene rings is 1. The lowest BCUT2D eigenvalue weighted by molar-refractivity contribution is 1.28. The molecule has 0 radical (unpaired) electrons. The highest BCUT2D eigenvalue weighted by molar-refractivity contribution is 5.89. The predicted molar refractivity (Wildman–Crippen MR) is 70.7 cm³/mol. The van der Waals surface area contributed by atoms with Gasteiger partial charge in [-0.25, -0.2) is 0 Å². The monoisotopic (exact) mass is 211 g/mol. The molecule has 1 aromatic heterocycles. The van der Waals surface area contributed by atoms with Gasteiger partial charge in [-0.05, 0) is 56.0 Å². The molecule has 0 N–H and O–H groups in total. The van der Waals surface area contributed by atoms with Gasteiger partial charge in [-0.15, -0.1) is 0 Å². The first-order valence-corrected chi connectivity index (χ1v) is 5.64. The zero-order valence-electron chi connectivity index (χ0n) is 10.3. The van der Waals surface area contributed by atoms with E-state index in [0.717, 1.165) is 5.52 Å². The van der Waals surface area contributed by atoms with Crippen LogP contribution in [0.4, 0.5) is 0 Å². The van der Waals surface area contributed by atoms with Crippen molar-refractivity contribution in [2.75, 3.05) is 0 Å². The minimum Gasteiger partial charge on any atom is -0.256 e. The van der Waals surface area contributed by atoms with Gasteiger partial charge >= 0.3 is 0 Å². The third-order valence-corrected chi connectivity index (χ3v) is 3.27. The zero-order chi connectivity index (χ0) is 11.7. The molecule has 2 rings (SSSR count). The highest BCUT2D eigenvalue weighted by Gasteiger charge is 2.09. The van der Waals surface area contributed by atoms with Crippen molar-refractivity contribution in [2.45, 2.75) is 27.7 Å². The van der Waals surface area contributed by atoms with Gasteiger partial charge in [0.2, 0.25) is 0 Å². The van der Waals surface area contributed by atoms with E-state index in [1.165, 1.54) is 27.6 Å². The quantitative estimate of drug-likeness (QED) is 0.689. The highest BCUT2D eigenvalue weighted by Crippen LogP contribution is 2.28. The molecule has 0 fully saturated rings. The van der Waals surface area contributed by atoms with Crippen molar-refractivity contribution in [3.8, 4) is 0 Å². The number of pyridine rings is 1. The maximum atomic E-state index is 4.49. The van der Waals surface area contributed by atoms with Gasteiger partial charge in [0.15, 0.2) is 0 Å². The van der Waals surface area contributed by atoms with Crippen LogP contribution in [0.25, 0.3) is 17.0 Å². The van der Waals surface area contributed by atoms with Crippen molar-refractivity contribution in [2.24, 2.45) is 0 Å². The number of allylic oxidation sites excluding steroid dienone is 1. The molecule has 0 unspecified atom stereocenters. The van der Waals surface area contributed by atoms with E-state index in [-0.39, 0.29) is 0 Å². The fourth-order valence-electron chi connectivity index (χ4n) is 2.24. The van der Waals surface area contributed by atoms with E-state index in [4.69, 9.17) is 0 Å². The number of nitrogens with zero attached hydrogens (tertiary/aromatic N) is 1. The standard InChI is InChI=1S/C15H17N/c1-5-7-13-10(2)11(3)14-8-6-9-16-15(14)12(13)4/h5-9H,1-4H3/b7-5-. The minimum atomic E-state index is 1.12. The van der Waals surface area contributed by atoms with Crippen LogP contribution in [0.15, 0.2) is 24.4 Å². The van der Waals surface area contributed by atoms with Crippen LogP contribution in [0.1, 0.15) is 29.2 Å². The van der Waals surface area contributed by atoms with E-state index < -0.39 is 0 Å². The number of hydrogen-bond acceptors (Lipinski definition) is 1. The predicted octanol–water partition coefficient (Wildman–Crippen LogP) is 4.19. The first-order chi connectivity index (χ1) is 7.66. The Hall–Kier alpha value is -1.63. The van der Waals surface area contributed by atoms with Gasteiger partial charge in [0.25, 0.3) is 0 Å². The molecule has 82 valence electrons. The highest BCUT2D eigenvalue weighted by atomic mass is 14.6. The molecule has 0 atom stereocenters. The molecule has 0 aliphatic carbocycles. The van der Waals surface area contributed by atoms with Crippen LogP contribution in [-0.2, 0) is 0 Å². The summed E-state index contributed by atoms with van der Waals surface area (Å²) in [4.78, 5) is 4.49. The molecule has 1 aromatic carbocycles. The van der Waals surface area contributed by atoms with Crippen molar-refractivity contribution in [3.05, 3.63) is 46.7 Å². The zero-order valence-corrected chi connectivity index (χ0v) is 10.3. The van der Waals surface area contributed by atoms with E-state index >= 15 is 0 Å². The minimum absolute atomic E-state index is 1.12. The maximum Gasteiger partial charge on any atom is 0.0739 e. The molecule has 0 saturated heterocycles. The maximum absolute atomic E-state index is 4.49. The van der Waals surface area contributed by atoms with Gasteiger partial charge in [-0.1, -0.05) is 18.2 Å². The van der Waals surface area contributed by atoms with E-state index in [0.29, 0.717) is 0 Å². The Morgan fingerprint density at radius 2 is 1.81 bits per heavy atom. The summed E-state index contributed by atoms with van der Waals surface area (Å²) < 4.78 is 0. The lowest BCUT2D eigenvalue weighted by atomic mass is 9.93. The normalized spacial score (nSPS) is 11.5. The van der Waals surface area contributed by atoms with Gasteiger partial charge in [-0.3, -0.25) is 4.98 Å². The second kappa shape index (κ2) is 4.09. The fourth-order valence-corrected chi connectivity index (χ4v) is 2.24. The topological polar surface area (TPSA) is 12.9 Å². The average molecular weight is 211 g/mol. The van der Waals surface area contributed by atoms with Crippen molar-refractivity contribution in [1.29, 1.82) is 0 Å². The smallest absolute Gasteiger partial charge is 0.0739 e. The Morgan fingerprint density at radius 1 is 1.06 bits per heavy atom. The van der Waals surface area contributed by atoms with E-state index in [1.54, 1.807) is 0 Å². The van der Waals surface area contributed by atoms with Crippen molar-refractivity contribution >= 4 is 17.0 Å². The molecule has 1 heteroatoms. The molecule has 0 saturated carbocycles. The van der Waals surface area contributed by atoms with Gasteiger partial charge in [0.05, 0.1) is 5.52 Å². The molecular formula is C15H17N. The van der Waals surface area contributed by atoms with Gasteiger partial charge in [0.1, 0.15) is 0 Å². The summed E-state index contributed by atoms with van der Waals surface area (Å²) in [6.45, 7) is 8.56. The van der Waals surface area contributed by atoms with Gasteiger partial charge in [0, 0.05) is 11.6 Å². The molecule has 0 aliphatic heterocycles. The van der Waals surface area contributed by atoms with Crippen LogP contribution < -0.4 is 0 Å². The summed E-state index contributed by atoms with van der Waals surface area (Å²) in [6.07, 6.45) is 6.12. The van der Waals surface area contributed by atoms with Crippen LogP contribution in [-0.4, -0.2) is 4.98 Å². The number of fused-ring (bicyclic) bond motifs is 1. The average Bonchev–Trinajstić information content (AvgIpc) is 2.32. The molecule has 0 aliphatic rings. The van der Waals surface area contributed by atoms with Crippen molar-refractivity contribution in [3.63, 3.8) is 0 Å². The lowest BCUT2D eigenvalue weighted by Gasteiger charge is -2.13.